The Labute approximate surface area is 179 Å². The maximum absolute atomic E-state index is 12.3. The predicted molar refractivity (Wildman–Crippen MR) is 113 cm³/mol. The summed E-state index contributed by atoms with van der Waals surface area (Å²) in [6.45, 7) is 2.71. The average molecular weight is 466 g/mol. The van der Waals surface area contributed by atoms with Crippen LogP contribution >= 0.6 is 0 Å². The van der Waals surface area contributed by atoms with Gasteiger partial charge in [-0.3, -0.25) is 14.6 Å². The van der Waals surface area contributed by atoms with Gasteiger partial charge in [0.25, 0.3) is 0 Å². The average Bonchev–Trinajstić information content (AvgIpc) is 2.84. The number of ether oxygens (including phenoxy) is 1. The summed E-state index contributed by atoms with van der Waals surface area (Å²) < 4.78 is 54.3. The predicted octanol–water partition coefficient (Wildman–Crippen LogP) is -1.36. The van der Waals surface area contributed by atoms with Crippen LogP contribution in [0.4, 0.5) is 0 Å². The number of methoxy groups -OCH3 is 1. The first kappa shape index (κ1) is 23.9. The number of fused-ring (bicyclic) bond motifs is 2. The van der Waals surface area contributed by atoms with Gasteiger partial charge in [0.15, 0.2) is 14.9 Å². The Hall–Kier alpha value is -0.790. The quantitative estimate of drug-likeness (QED) is 0.442. The molecule has 3 aliphatic rings. The highest BCUT2D eigenvalue weighted by Crippen LogP contribution is 2.43. The van der Waals surface area contributed by atoms with Gasteiger partial charge in [0.1, 0.15) is 5.54 Å². The molecule has 1 radical (unpaired) electrons. The fourth-order valence-electron chi connectivity index (χ4n) is 4.97. The zero-order chi connectivity index (χ0) is 22.2. The zero-order valence-corrected chi connectivity index (χ0v) is 19.3. The molecule has 10 nitrogen and oxygen atoms in total. The minimum absolute atomic E-state index is 0.137. The number of piperidine rings is 1. The molecule has 3 fully saturated rings. The van der Waals surface area contributed by atoms with Crippen LogP contribution in [-0.2, 0) is 29.4 Å². The molecular weight excluding hydrogens is 432 g/mol. The Bertz CT molecular complexity index is 837. The first-order valence-corrected chi connectivity index (χ1v) is 13.9. The lowest BCUT2D eigenvalue weighted by Crippen LogP contribution is -2.61. The minimum atomic E-state index is -3.82. The normalized spacial score (nSPS) is 30.4. The third-order valence-corrected chi connectivity index (χ3v) is 10.6. The smallest absolute Gasteiger partial charge is 0.237 e. The number of sulfone groups is 1. The first-order chi connectivity index (χ1) is 14.0. The van der Waals surface area contributed by atoms with E-state index in [4.69, 9.17) is 10.5 Å². The number of amides is 1. The molecule has 3 atom stereocenters. The minimum Gasteiger partial charge on any atom is -0.379 e. The molecule has 0 aromatic rings. The van der Waals surface area contributed by atoms with E-state index in [1.54, 1.807) is 7.11 Å². The molecule has 12 heteroatoms. The van der Waals surface area contributed by atoms with Gasteiger partial charge >= 0.3 is 0 Å². The van der Waals surface area contributed by atoms with E-state index in [0.29, 0.717) is 38.6 Å². The van der Waals surface area contributed by atoms with Crippen LogP contribution < -0.4 is 5.73 Å². The Morgan fingerprint density at radius 2 is 1.87 bits per heavy atom. The number of nitrogens with zero attached hydrogens (tertiary/aromatic N) is 3. The largest absolute Gasteiger partial charge is 0.379 e. The number of piperazine rings is 1. The van der Waals surface area contributed by atoms with E-state index in [0.717, 1.165) is 25.5 Å². The second-order valence-electron chi connectivity index (χ2n) is 8.68. The molecule has 0 saturated carbocycles. The van der Waals surface area contributed by atoms with Crippen LogP contribution in [0.3, 0.4) is 0 Å². The summed E-state index contributed by atoms with van der Waals surface area (Å²) >= 11 is 0. The molecule has 3 aliphatic heterocycles. The fourth-order valence-corrected chi connectivity index (χ4v) is 8.45. The van der Waals surface area contributed by atoms with Gasteiger partial charge in [-0.05, 0) is 32.1 Å². The van der Waals surface area contributed by atoms with Crippen LogP contribution in [0, 0.1) is 6.42 Å². The van der Waals surface area contributed by atoms with Crippen LogP contribution in [0.2, 0.25) is 0 Å². The number of carbonyl (C=O) groups is 1. The molecule has 3 rings (SSSR count). The van der Waals surface area contributed by atoms with Gasteiger partial charge in [-0.25, -0.2) is 16.8 Å². The third kappa shape index (κ3) is 5.16. The lowest BCUT2D eigenvalue weighted by Gasteiger charge is -2.44. The SMILES string of the molecule is COC(CN1CCN(S(=O)(=O)CS(C)(=O)=O)CC1)CN1[C@@H]2C[CH]C[C@@]1(C(N)=O)CC2. The van der Waals surface area contributed by atoms with Crippen LogP contribution in [0.1, 0.15) is 25.7 Å². The molecule has 30 heavy (non-hydrogen) atoms. The molecular formula is C18H33N4O6S2. The third-order valence-electron chi connectivity index (χ3n) is 6.54. The molecule has 2 bridgehead atoms. The van der Waals surface area contributed by atoms with Crippen molar-refractivity contribution in [2.24, 2.45) is 5.73 Å². The molecule has 0 spiro atoms. The fraction of sp³-hybridized carbons (Fsp3) is 0.889. The highest BCUT2D eigenvalue weighted by molar-refractivity contribution is 8.06. The molecule has 2 N–H and O–H groups in total. The molecule has 0 aromatic carbocycles. The van der Waals surface area contributed by atoms with Crippen LogP contribution in [0.15, 0.2) is 0 Å². The maximum atomic E-state index is 12.3. The summed E-state index contributed by atoms with van der Waals surface area (Å²) in [7, 11) is -5.79. The molecule has 0 aromatic heterocycles. The zero-order valence-electron chi connectivity index (χ0n) is 17.7. The van der Waals surface area contributed by atoms with E-state index in [1.807, 2.05) is 0 Å². The van der Waals surface area contributed by atoms with Crippen molar-refractivity contribution in [3.63, 3.8) is 0 Å². The lowest BCUT2D eigenvalue weighted by molar-refractivity contribution is -0.132. The van der Waals surface area contributed by atoms with Crippen LogP contribution in [0.5, 0.6) is 0 Å². The number of carbonyl (C=O) groups excluding carboxylic acids is 1. The summed E-state index contributed by atoms with van der Waals surface area (Å²) in [5, 5.41) is -0.858. The highest BCUT2D eigenvalue weighted by Gasteiger charge is 2.53. The number of hydrogen-bond donors (Lipinski definition) is 1. The van der Waals surface area contributed by atoms with Crippen LogP contribution in [-0.4, -0.2) is 112 Å². The number of hydrogen-bond acceptors (Lipinski definition) is 8. The molecule has 3 saturated heterocycles. The second-order valence-corrected chi connectivity index (χ2v) is 13.2. The molecule has 1 unspecified atom stereocenters. The van der Waals surface area contributed by atoms with Gasteiger partial charge < -0.3 is 10.5 Å². The van der Waals surface area contributed by atoms with Gasteiger partial charge in [-0.15, -0.1) is 0 Å². The van der Waals surface area contributed by atoms with Crippen molar-refractivity contribution in [2.75, 3.05) is 57.7 Å². The van der Waals surface area contributed by atoms with Gasteiger partial charge in [-0.1, -0.05) is 0 Å². The van der Waals surface area contributed by atoms with Gasteiger partial charge in [0.05, 0.1) is 6.10 Å². The topological polar surface area (TPSA) is 130 Å². The second kappa shape index (κ2) is 8.99. The van der Waals surface area contributed by atoms with Gasteiger partial charge in [-0.2, -0.15) is 4.31 Å². The molecule has 3 heterocycles. The van der Waals surface area contributed by atoms with Crippen molar-refractivity contribution in [1.29, 1.82) is 0 Å². The van der Waals surface area contributed by atoms with Crippen molar-refractivity contribution in [1.82, 2.24) is 14.1 Å². The van der Waals surface area contributed by atoms with Crippen molar-refractivity contribution < 1.29 is 26.4 Å². The lowest BCUT2D eigenvalue weighted by atomic mass is 9.87. The Kier molecular flexibility index (Phi) is 7.15. The van der Waals surface area contributed by atoms with E-state index < -0.39 is 30.5 Å². The highest BCUT2D eigenvalue weighted by atomic mass is 32.3. The van der Waals surface area contributed by atoms with Gasteiger partial charge in [0.2, 0.25) is 15.9 Å². The number of primary amides is 1. The molecule has 1 amide bonds. The van der Waals surface area contributed by atoms with E-state index >= 15 is 0 Å². The Morgan fingerprint density at radius 1 is 1.20 bits per heavy atom. The van der Waals surface area contributed by atoms with E-state index in [2.05, 4.69) is 16.2 Å². The Morgan fingerprint density at radius 3 is 2.43 bits per heavy atom. The summed E-state index contributed by atoms with van der Waals surface area (Å²) in [6.07, 6.45) is 6.30. The van der Waals surface area contributed by atoms with E-state index in [9.17, 15) is 21.6 Å². The van der Waals surface area contributed by atoms with Crippen molar-refractivity contribution >= 4 is 25.8 Å². The molecule has 0 aliphatic carbocycles. The van der Waals surface area contributed by atoms with Crippen molar-refractivity contribution in [2.45, 2.75) is 43.4 Å². The van der Waals surface area contributed by atoms with Crippen molar-refractivity contribution in [3.8, 4) is 0 Å². The summed E-state index contributed by atoms with van der Waals surface area (Å²) in [5.74, 6) is -0.277. The summed E-state index contributed by atoms with van der Waals surface area (Å²) in [6, 6.07) is 0.307. The number of sulfonamides is 1. The monoisotopic (exact) mass is 465 g/mol. The summed E-state index contributed by atoms with van der Waals surface area (Å²) in [5.41, 5.74) is 5.16. The summed E-state index contributed by atoms with van der Waals surface area (Å²) in [4.78, 5) is 16.6. The standard InChI is InChI=1S/C18H33N4O6S2/c1-28-16(13-22-15-4-3-6-18(22,7-5-15)17(19)23)12-20-8-10-21(11-9-20)30(26,27)14-29(2,24)25/h3,15-16H,4-14H2,1-2H3,(H2,19,23)/t15-,16?,18+/m1/s1. The number of nitrogens with two attached hydrogens (primary N) is 1. The van der Waals surface area contributed by atoms with Gasteiger partial charge in [0, 0.05) is 58.7 Å². The maximum Gasteiger partial charge on any atom is 0.237 e. The van der Waals surface area contributed by atoms with E-state index in [-0.39, 0.29) is 25.1 Å². The van der Waals surface area contributed by atoms with E-state index in [1.165, 1.54) is 4.31 Å². The van der Waals surface area contributed by atoms with Crippen LogP contribution in [0.25, 0.3) is 0 Å². The van der Waals surface area contributed by atoms with Crippen molar-refractivity contribution in [3.05, 3.63) is 6.42 Å². The Balaban J connectivity index is 1.57. The first-order valence-electron chi connectivity index (χ1n) is 10.3. The number of rotatable bonds is 9. The molecule has 173 valence electrons.